The van der Waals surface area contributed by atoms with Crippen LogP contribution in [-0.4, -0.2) is 30.3 Å². The van der Waals surface area contributed by atoms with E-state index in [0.717, 1.165) is 18.0 Å². The van der Waals surface area contributed by atoms with Crippen molar-refractivity contribution in [3.63, 3.8) is 0 Å². The van der Waals surface area contributed by atoms with Crippen LogP contribution in [0.15, 0.2) is 18.3 Å². The molecular formula is C14H24N2O2. The average Bonchev–Trinajstić information content (AvgIpc) is 2.34. The van der Waals surface area contributed by atoms with Crippen molar-refractivity contribution in [2.24, 2.45) is 0 Å². The predicted molar refractivity (Wildman–Crippen MR) is 72.8 cm³/mol. The standard InChI is InChI=1S/C14H24N2O2/c1-5-17-10-12(4)18-14-6-7-15-13(8-14)9-16-11(2)3/h6-8,11-12,16H,5,9-10H2,1-4H3. The molecule has 1 N–H and O–H groups in total. The molecule has 0 saturated carbocycles. The molecule has 1 aromatic heterocycles. The van der Waals surface area contributed by atoms with Gasteiger partial charge in [-0.15, -0.1) is 0 Å². The van der Waals surface area contributed by atoms with Crippen LogP contribution in [-0.2, 0) is 11.3 Å². The summed E-state index contributed by atoms with van der Waals surface area (Å²) in [4.78, 5) is 4.31. The Bertz CT molecular complexity index is 342. The first kappa shape index (κ1) is 14.9. The molecule has 0 aromatic carbocycles. The average molecular weight is 252 g/mol. The third-order valence-corrected chi connectivity index (χ3v) is 2.37. The molecule has 102 valence electrons. The zero-order valence-corrected chi connectivity index (χ0v) is 11.8. The first-order valence-electron chi connectivity index (χ1n) is 6.54. The van der Waals surface area contributed by atoms with Gasteiger partial charge in [-0.2, -0.15) is 0 Å². The quantitative estimate of drug-likeness (QED) is 0.771. The van der Waals surface area contributed by atoms with Gasteiger partial charge in [-0.05, 0) is 19.9 Å². The molecule has 0 aliphatic carbocycles. The van der Waals surface area contributed by atoms with Gasteiger partial charge in [-0.25, -0.2) is 0 Å². The summed E-state index contributed by atoms with van der Waals surface area (Å²) in [6.45, 7) is 10.3. The number of hydrogen-bond acceptors (Lipinski definition) is 4. The van der Waals surface area contributed by atoms with E-state index in [9.17, 15) is 0 Å². The molecular weight excluding hydrogens is 228 g/mol. The van der Waals surface area contributed by atoms with Crippen LogP contribution in [0.1, 0.15) is 33.4 Å². The molecule has 0 aliphatic rings. The van der Waals surface area contributed by atoms with Gasteiger partial charge in [-0.1, -0.05) is 13.8 Å². The molecule has 1 heterocycles. The van der Waals surface area contributed by atoms with Crippen LogP contribution in [0.4, 0.5) is 0 Å². The molecule has 1 rings (SSSR count). The molecule has 4 nitrogen and oxygen atoms in total. The number of ether oxygens (including phenoxy) is 2. The summed E-state index contributed by atoms with van der Waals surface area (Å²) in [5, 5.41) is 3.33. The summed E-state index contributed by atoms with van der Waals surface area (Å²) in [5.74, 6) is 0.845. The number of aromatic nitrogens is 1. The molecule has 0 aliphatic heterocycles. The fraction of sp³-hybridized carbons (Fsp3) is 0.643. The van der Waals surface area contributed by atoms with Crippen LogP contribution in [0.3, 0.4) is 0 Å². The summed E-state index contributed by atoms with van der Waals surface area (Å²) in [6.07, 6.45) is 1.83. The van der Waals surface area contributed by atoms with Gasteiger partial charge in [0.05, 0.1) is 12.3 Å². The summed E-state index contributed by atoms with van der Waals surface area (Å²) in [6, 6.07) is 4.30. The minimum atomic E-state index is 0.0539. The Morgan fingerprint density at radius 3 is 2.78 bits per heavy atom. The first-order valence-corrected chi connectivity index (χ1v) is 6.54. The molecule has 1 aromatic rings. The van der Waals surface area contributed by atoms with Gasteiger partial charge in [0.25, 0.3) is 0 Å². The minimum Gasteiger partial charge on any atom is -0.488 e. The Hall–Kier alpha value is -1.13. The molecule has 0 spiro atoms. The van der Waals surface area contributed by atoms with E-state index in [1.807, 2.05) is 26.0 Å². The fourth-order valence-electron chi connectivity index (χ4n) is 1.48. The molecule has 0 fully saturated rings. The van der Waals surface area contributed by atoms with Crippen molar-refractivity contribution in [3.8, 4) is 5.75 Å². The highest BCUT2D eigenvalue weighted by Crippen LogP contribution is 2.13. The topological polar surface area (TPSA) is 43.4 Å². The number of pyridine rings is 1. The van der Waals surface area contributed by atoms with Crippen molar-refractivity contribution in [2.75, 3.05) is 13.2 Å². The molecule has 1 atom stereocenters. The summed E-state index contributed by atoms with van der Waals surface area (Å²) >= 11 is 0. The maximum absolute atomic E-state index is 5.77. The van der Waals surface area contributed by atoms with Crippen molar-refractivity contribution in [3.05, 3.63) is 24.0 Å². The van der Waals surface area contributed by atoms with Crippen molar-refractivity contribution in [2.45, 2.75) is 46.4 Å². The lowest BCUT2D eigenvalue weighted by atomic mass is 10.3. The summed E-state index contributed by atoms with van der Waals surface area (Å²) in [7, 11) is 0. The third-order valence-electron chi connectivity index (χ3n) is 2.37. The van der Waals surface area contributed by atoms with Crippen LogP contribution in [0.2, 0.25) is 0 Å². The summed E-state index contributed by atoms with van der Waals surface area (Å²) < 4.78 is 11.1. The zero-order valence-electron chi connectivity index (χ0n) is 11.8. The van der Waals surface area contributed by atoms with Crippen LogP contribution < -0.4 is 10.1 Å². The van der Waals surface area contributed by atoms with Gasteiger partial charge in [-0.3, -0.25) is 4.98 Å². The van der Waals surface area contributed by atoms with E-state index in [2.05, 4.69) is 24.1 Å². The van der Waals surface area contributed by atoms with E-state index in [4.69, 9.17) is 9.47 Å². The van der Waals surface area contributed by atoms with E-state index in [0.29, 0.717) is 19.3 Å². The Morgan fingerprint density at radius 1 is 1.33 bits per heavy atom. The van der Waals surface area contributed by atoms with Crippen molar-refractivity contribution in [1.29, 1.82) is 0 Å². The van der Waals surface area contributed by atoms with E-state index >= 15 is 0 Å². The largest absolute Gasteiger partial charge is 0.488 e. The molecule has 0 amide bonds. The highest BCUT2D eigenvalue weighted by Gasteiger charge is 2.05. The van der Waals surface area contributed by atoms with E-state index in [1.165, 1.54) is 0 Å². The number of rotatable bonds is 8. The van der Waals surface area contributed by atoms with Gasteiger partial charge in [0.15, 0.2) is 0 Å². The number of nitrogens with one attached hydrogen (secondary N) is 1. The second-order valence-corrected chi connectivity index (χ2v) is 4.61. The lowest BCUT2D eigenvalue weighted by Crippen LogP contribution is -2.22. The van der Waals surface area contributed by atoms with Gasteiger partial charge in [0, 0.05) is 31.5 Å². The van der Waals surface area contributed by atoms with E-state index in [1.54, 1.807) is 6.20 Å². The third kappa shape index (κ3) is 5.98. The van der Waals surface area contributed by atoms with Crippen LogP contribution in [0.25, 0.3) is 0 Å². The molecule has 0 radical (unpaired) electrons. The molecule has 1 unspecified atom stereocenters. The molecule has 0 bridgehead atoms. The summed E-state index contributed by atoms with van der Waals surface area (Å²) in [5.41, 5.74) is 0.991. The maximum Gasteiger partial charge on any atom is 0.123 e. The second-order valence-electron chi connectivity index (χ2n) is 4.61. The van der Waals surface area contributed by atoms with Crippen LogP contribution >= 0.6 is 0 Å². The fourth-order valence-corrected chi connectivity index (χ4v) is 1.48. The van der Waals surface area contributed by atoms with Crippen molar-refractivity contribution >= 4 is 0 Å². The molecule has 0 saturated heterocycles. The molecule has 4 heteroatoms. The maximum atomic E-state index is 5.77. The SMILES string of the molecule is CCOCC(C)Oc1ccnc(CNC(C)C)c1. The Labute approximate surface area is 110 Å². The number of hydrogen-bond donors (Lipinski definition) is 1. The Balaban J connectivity index is 2.48. The van der Waals surface area contributed by atoms with E-state index < -0.39 is 0 Å². The highest BCUT2D eigenvalue weighted by atomic mass is 16.5. The Kier molecular flexibility index (Phi) is 6.68. The number of nitrogens with zero attached hydrogens (tertiary/aromatic N) is 1. The molecule has 18 heavy (non-hydrogen) atoms. The lowest BCUT2D eigenvalue weighted by Gasteiger charge is -2.15. The minimum absolute atomic E-state index is 0.0539. The van der Waals surface area contributed by atoms with Crippen molar-refractivity contribution in [1.82, 2.24) is 10.3 Å². The van der Waals surface area contributed by atoms with Crippen molar-refractivity contribution < 1.29 is 9.47 Å². The van der Waals surface area contributed by atoms with E-state index in [-0.39, 0.29) is 6.10 Å². The van der Waals surface area contributed by atoms with Gasteiger partial charge in [0.1, 0.15) is 11.9 Å². The Morgan fingerprint density at radius 2 is 2.11 bits per heavy atom. The van der Waals surface area contributed by atoms with Gasteiger partial charge < -0.3 is 14.8 Å². The lowest BCUT2D eigenvalue weighted by molar-refractivity contribution is 0.0656. The highest BCUT2D eigenvalue weighted by molar-refractivity contribution is 5.22. The monoisotopic (exact) mass is 252 g/mol. The van der Waals surface area contributed by atoms with Gasteiger partial charge >= 0.3 is 0 Å². The van der Waals surface area contributed by atoms with Crippen LogP contribution in [0.5, 0.6) is 5.75 Å². The van der Waals surface area contributed by atoms with Crippen LogP contribution in [0, 0.1) is 0 Å². The zero-order chi connectivity index (χ0) is 13.4. The second kappa shape index (κ2) is 8.06. The first-order chi connectivity index (χ1) is 8.61. The normalized spacial score (nSPS) is 12.7. The predicted octanol–water partition coefficient (Wildman–Crippen LogP) is 2.38. The smallest absolute Gasteiger partial charge is 0.123 e. The van der Waals surface area contributed by atoms with Gasteiger partial charge in [0.2, 0.25) is 0 Å².